The lowest BCUT2D eigenvalue weighted by molar-refractivity contribution is -0.140. The second kappa shape index (κ2) is 7.30. The molecule has 0 saturated heterocycles. The molecule has 0 aliphatic carbocycles. The number of nitrogens with zero attached hydrogens (tertiary/aromatic N) is 2. The van der Waals surface area contributed by atoms with Crippen LogP contribution in [0.2, 0.25) is 5.02 Å². The van der Waals surface area contributed by atoms with Crippen molar-refractivity contribution in [3.63, 3.8) is 0 Å². The van der Waals surface area contributed by atoms with Gasteiger partial charge in [0.2, 0.25) is 0 Å². The van der Waals surface area contributed by atoms with Crippen molar-refractivity contribution in [1.82, 2.24) is 9.78 Å². The van der Waals surface area contributed by atoms with Crippen LogP contribution in [0.1, 0.15) is 11.1 Å². The van der Waals surface area contributed by atoms with Gasteiger partial charge in [-0.3, -0.25) is 4.79 Å². The van der Waals surface area contributed by atoms with Gasteiger partial charge >= 0.3 is 12.1 Å². The average Bonchev–Trinajstić information content (AvgIpc) is 2.53. The fourth-order valence-corrected chi connectivity index (χ4v) is 2.19. The molecular weight excluding hydrogens is 388 g/mol. The minimum atomic E-state index is -4.95. The molecule has 140 valence electrons. The molecule has 1 aromatic carbocycles. The number of aromatic nitrogens is 2. The first-order chi connectivity index (χ1) is 12.1. The van der Waals surface area contributed by atoms with Crippen LogP contribution in [0.5, 0.6) is 5.75 Å². The van der Waals surface area contributed by atoms with Crippen molar-refractivity contribution in [1.29, 1.82) is 0 Å². The number of carboxylic acid groups (broad SMARTS) is 1. The number of rotatable bonds is 5. The summed E-state index contributed by atoms with van der Waals surface area (Å²) in [4.78, 5) is 22.7. The molecule has 0 fully saturated rings. The van der Waals surface area contributed by atoms with Gasteiger partial charge in [-0.05, 0) is 6.07 Å². The highest BCUT2D eigenvalue weighted by Crippen LogP contribution is 2.32. The molecule has 0 unspecified atom stereocenters. The smallest absolute Gasteiger partial charge is 0.418 e. The van der Waals surface area contributed by atoms with E-state index in [1.165, 1.54) is 0 Å². The van der Waals surface area contributed by atoms with Gasteiger partial charge in [0.25, 0.3) is 5.56 Å². The Kier molecular flexibility index (Phi) is 5.52. The van der Waals surface area contributed by atoms with Crippen LogP contribution in [0.3, 0.4) is 0 Å². The summed E-state index contributed by atoms with van der Waals surface area (Å²) in [5.41, 5.74) is -4.54. The fraction of sp³-hybridized carbons (Fsp3) is 0.214. The molecular formula is C14H9ClF4N2O5. The van der Waals surface area contributed by atoms with E-state index in [0.29, 0.717) is 6.07 Å². The van der Waals surface area contributed by atoms with Gasteiger partial charge in [-0.1, -0.05) is 11.6 Å². The predicted molar refractivity (Wildman–Crippen MR) is 78.9 cm³/mol. The van der Waals surface area contributed by atoms with Gasteiger partial charge in [0, 0.05) is 6.07 Å². The van der Waals surface area contributed by atoms with E-state index in [1.54, 1.807) is 0 Å². The zero-order chi connectivity index (χ0) is 19.6. The van der Waals surface area contributed by atoms with E-state index in [2.05, 4.69) is 5.10 Å². The van der Waals surface area contributed by atoms with E-state index < -0.39 is 53.6 Å². The molecule has 0 atom stereocenters. The van der Waals surface area contributed by atoms with E-state index in [9.17, 15) is 27.2 Å². The summed E-state index contributed by atoms with van der Waals surface area (Å²) in [6.45, 7) is -2.09. The molecule has 0 aliphatic rings. The third-order valence-electron chi connectivity index (χ3n) is 3.12. The van der Waals surface area contributed by atoms with E-state index in [0.717, 1.165) is 6.07 Å². The first kappa shape index (κ1) is 19.7. The molecule has 12 heteroatoms. The Morgan fingerprint density at radius 1 is 1.35 bits per heavy atom. The zero-order valence-corrected chi connectivity index (χ0v) is 13.3. The van der Waals surface area contributed by atoms with E-state index in [1.807, 2.05) is 0 Å². The van der Waals surface area contributed by atoms with Crippen molar-refractivity contribution in [3.8, 4) is 11.4 Å². The van der Waals surface area contributed by atoms with Crippen molar-refractivity contribution in [2.24, 2.45) is 0 Å². The average molecular weight is 397 g/mol. The minimum Gasteiger partial charge on any atom is -0.480 e. The third kappa shape index (κ3) is 3.94. The number of benzene rings is 1. The second-order valence-electron chi connectivity index (χ2n) is 4.83. The molecule has 2 N–H and O–H groups in total. The number of aliphatic hydroxyl groups is 1. The molecule has 1 heterocycles. The van der Waals surface area contributed by atoms with Crippen LogP contribution in [0.15, 0.2) is 23.1 Å². The van der Waals surface area contributed by atoms with Gasteiger partial charge in [0.1, 0.15) is 11.4 Å². The van der Waals surface area contributed by atoms with Gasteiger partial charge in [0.05, 0.1) is 29.0 Å². The zero-order valence-electron chi connectivity index (χ0n) is 12.5. The highest BCUT2D eigenvalue weighted by atomic mass is 35.5. The Labute approximate surface area is 147 Å². The quantitative estimate of drug-likeness (QED) is 0.750. The van der Waals surface area contributed by atoms with Crippen LogP contribution in [0.4, 0.5) is 17.6 Å². The summed E-state index contributed by atoms with van der Waals surface area (Å²) < 4.78 is 57.8. The highest BCUT2D eigenvalue weighted by Gasteiger charge is 2.35. The molecule has 0 saturated carbocycles. The van der Waals surface area contributed by atoms with Crippen molar-refractivity contribution in [2.45, 2.75) is 12.8 Å². The second-order valence-corrected chi connectivity index (χ2v) is 5.23. The van der Waals surface area contributed by atoms with Gasteiger partial charge in [0.15, 0.2) is 12.4 Å². The van der Waals surface area contributed by atoms with E-state index in [-0.39, 0.29) is 21.7 Å². The molecule has 0 aliphatic heterocycles. The summed E-state index contributed by atoms with van der Waals surface area (Å²) in [6, 6.07) is 1.49. The molecule has 0 radical (unpaired) electrons. The molecule has 7 nitrogen and oxygen atoms in total. The minimum absolute atomic E-state index is 0.263. The van der Waals surface area contributed by atoms with Crippen LogP contribution in [-0.4, -0.2) is 32.6 Å². The number of hydrogen-bond acceptors (Lipinski definition) is 5. The van der Waals surface area contributed by atoms with Crippen molar-refractivity contribution >= 4 is 17.6 Å². The summed E-state index contributed by atoms with van der Waals surface area (Å²) in [5, 5.41) is 20.6. The predicted octanol–water partition coefficient (Wildman–Crippen LogP) is 2.00. The van der Waals surface area contributed by atoms with Gasteiger partial charge in [-0.25, -0.2) is 9.18 Å². The van der Waals surface area contributed by atoms with Crippen molar-refractivity contribution in [2.75, 3.05) is 6.61 Å². The summed E-state index contributed by atoms with van der Waals surface area (Å²) in [6.07, 6.45) is -4.68. The van der Waals surface area contributed by atoms with Crippen LogP contribution < -0.4 is 10.3 Å². The molecule has 0 spiro atoms. The lowest BCUT2D eigenvalue weighted by Gasteiger charge is -2.14. The van der Waals surface area contributed by atoms with Crippen LogP contribution in [-0.2, 0) is 17.6 Å². The lowest BCUT2D eigenvalue weighted by Crippen LogP contribution is -2.29. The van der Waals surface area contributed by atoms with Gasteiger partial charge in [-0.2, -0.15) is 23.0 Å². The monoisotopic (exact) mass is 396 g/mol. The number of aliphatic carboxylic acids is 1. The fourth-order valence-electron chi connectivity index (χ4n) is 1.99. The number of ether oxygens (including phenoxy) is 1. The molecule has 2 rings (SSSR count). The highest BCUT2D eigenvalue weighted by molar-refractivity contribution is 6.32. The lowest BCUT2D eigenvalue weighted by atomic mass is 10.1. The largest absolute Gasteiger partial charge is 0.480 e. The summed E-state index contributed by atoms with van der Waals surface area (Å²) in [7, 11) is 0. The maximum atomic E-state index is 14.1. The van der Waals surface area contributed by atoms with E-state index >= 15 is 0 Å². The van der Waals surface area contributed by atoms with Crippen LogP contribution in [0, 0.1) is 5.82 Å². The Hall–Kier alpha value is -2.66. The Balaban J connectivity index is 2.63. The topological polar surface area (TPSA) is 102 Å². The Morgan fingerprint density at radius 3 is 2.54 bits per heavy atom. The SMILES string of the molecule is O=C(O)COc1cc(-n2ncc(C(F)(F)F)c(CO)c2=O)c(F)cc1Cl. The number of carbonyl (C=O) groups is 1. The van der Waals surface area contributed by atoms with Crippen LogP contribution in [0.25, 0.3) is 5.69 Å². The molecule has 2 aromatic rings. The van der Waals surface area contributed by atoms with E-state index in [4.69, 9.17) is 26.6 Å². The van der Waals surface area contributed by atoms with Gasteiger partial charge in [-0.15, -0.1) is 0 Å². The number of halogens is 5. The standard InChI is InChI=1S/C14H9ClF4N2O5/c15-8-1-9(16)10(2-11(8)26-5-12(23)24)21-13(25)6(4-22)7(3-20-21)14(17,18)19/h1-3,22H,4-5H2,(H,23,24). The number of hydrogen-bond donors (Lipinski definition) is 2. The molecule has 0 amide bonds. The Morgan fingerprint density at radius 2 is 2.00 bits per heavy atom. The maximum Gasteiger partial charge on any atom is 0.418 e. The first-order valence-electron chi connectivity index (χ1n) is 6.69. The first-order valence-corrected chi connectivity index (χ1v) is 7.07. The number of alkyl halides is 3. The van der Waals surface area contributed by atoms with Crippen molar-refractivity contribution < 1.29 is 37.3 Å². The normalized spacial score (nSPS) is 11.5. The summed E-state index contributed by atoms with van der Waals surface area (Å²) >= 11 is 5.70. The Bertz CT molecular complexity index is 913. The maximum absolute atomic E-state index is 14.1. The number of aliphatic hydroxyl groups excluding tert-OH is 1. The molecule has 26 heavy (non-hydrogen) atoms. The third-order valence-corrected chi connectivity index (χ3v) is 3.42. The molecule has 1 aromatic heterocycles. The van der Waals surface area contributed by atoms with Crippen LogP contribution >= 0.6 is 11.6 Å². The van der Waals surface area contributed by atoms with Gasteiger partial charge < -0.3 is 14.9 Å². The van der Waals surface area contributed by atoms with Crippen molar-refractivity contribution in [3.05, 3.63) is 50.7 Å². The number of carboxylic acids is 1. The molecule has 0 bridgehead atoms. The summed E-state index contributed by atoms with van der Waals surface area (Å²) in [5.74, 6) is -2.82.